The van der Waals surface area contributed by atoms with Crippen LogP contribution < -0.4 is 16.0 Å². The molecule has 1 aliphatic heterocycles. The number of benzene rings is 1. The SMILES string of the molecule is C[C@H](NC(=O)NCc1ccco1)c1ccc2c(c1)CCC(=O)N2. The summed E-state index contributed by atoms with van der Waals surface area (Å²) in [7, 11) is 0. The molecule has 23 heavy (non-hydrogen) atoms. The zero-order valence-corrected chi connectivity index (χ0v) is 12.9. The highest BCUT2D eigenvalue weighted by Gasteiger charge is 2.17. The van der Waals surface area contributed by atoms with Crippen LogP contribution in [0.3, 0.4) is 0 Å². The zero-order valence-electron chi connectivity index (χ0n) is 12.9. The maximum atomic E-state index is 11.9. The van der Waals surface area contributed by atoms with Crippen molar-refractivity contribution in [2.45, 2.75) is 32.4 Å². The van der Waals surface area contributed by atoms with Gasteiger partial charge in [-0.3, -0.25) is 4.79 Å². The second kappa shape index (κ2) is 6.56. The molecule has 0 aliphatic carbocycles. The average molecular weight is 313 g/mol. The Hall–Kier alpha value is -2.76. The molecule has 0 unspecified atom stereocenters. The number of rotatable bonds is 4. The molecule has 0 radical (unpaired) electrons. The van der Waals surface area contributed by atoms with Crippen molar-refractivity contribution < 1.29 is 14.0 Å². The van der Waals surface area contributed by atoms with Crippen molar-refractivity contribution in [2.75, 3.05) is 5.32 Å². The Morgan fingerprint density at radius 1 is 1.35 bits per heavy atom. The Kier molecular flexibility index (Phi) is 4.32. The van der Waals surface area contributed by atoms with Gasteiger partial charge in [0.05, 0.1) is 18.8 Å². The van der Waals surface area contributed by atoms with Crippen molar-refractivity contribution in [3.8, 4) is 0 Å². The molecule has 3 amide bonds. The molecule has 1 atom stereocenters. The van der Waals surface area contributed by atoms with Gasteiger partial charge in [-0.2, -0.15) is 0 Å². The van der Waals surface area contributed by atoms with E-state index in [0.717, 1.165) is 23.2 Å². The monoisotopic (exact) mass is 313 g/mol. The highest BCUT2D eigenvalue weighted by atomic mass is 16.3. The van der Waals surface area contributed by atoms with Gasteiger partial charge < -0.3 is 20.4 Å². The summed E-state index contributed by atoms with van der Waals surface area (Å²) in [6.07, 6.45) is 2.80. The van der Waals surface area contributed by atoms with Gasteiger partial charge in [0.2, 0.25) is 5.91 Å². The van der Waals surface area contributed by atoms with Crippen molar-refractivity contribution in [1.82, 2.24) is 10.6 Å². The zero-order chi connectivity index (χ0) is 16.2. The van der Waals surface area contributed by atoms with E-state index in [9.17, 15) is 9.59 Å². The number of furan rings is 1. The minimum absolute atomic E-state index is 0.0497. The van der Waals surface area contributed by atoms with Gasteiger partial charge in [-0.05, 0) is 42.7 Å². The highest BCUT2D eigenvalue weighted by Crippen LogP contribution is 2.26. The molecule has 1 aliphatic rings. The molecule has 6 nitrogen and oxygen atoms in total. The maximum Gasteiger partial charge on any atom is 0.315 e. The van der Waals surface area contributed by atoms with Crippen LogP contribution in [0.2, 0.25) is 0 Å². The van der Waals surface area contributed by atoms with E-state index < -0.39 is 0 Å². The number of aryl methyl sites for hydroxylation is 1. The Bertz CT molecular complexity index is 710. The molecule has 0 saturated carbocycles. The van der Waals surface area contributed by atoms with Crippen molar-refractivity contribution in [3.63, 3.8) is 0 Å². The van der Waals surface area contributed by atoms with Crippen molar-refractivity contribution in [3.05, 3.63) is 53.5 Å². The molecule has 3 rings (SSSR count). The summed E-state index contributed by atoms with van der Waals surface area (Å²) in [4.78, 5) is 23.3. The molecular formula is C17H19N3O3. The van der Waals surface area contributed by atoms with Gasteiger partial charge >= 0.3 is 6.03 Å². The predicted molar refractivity (Wildman–Crippen MR) is 85.9 cm³/mol. The van der Waals surface area contributed by atoms with Gasteiger partial charge in [-0.15, -0.1) is 0 Å². The highest BCUT2D eigenvalue weighted by molar-refractivity contribution is 5.93. The molecule has 120 valence electrons. The van der Waals surface area contributed by atoms with Gasteiger partial charge in [-0.25, -0.2) is 4.79 Å². The number of hydrogen-bond donors (Lipinski definition) is 3. The molecular weight excluding hydrogens is 294 g/mol. The molecule has 6 heteroatoms. The number of anilines is 1. The van der Waals surface area contributed by atoms with Crippen molar-refractivity contribution in [2.24, 2.45) is 0 Å². The van der Waals surface area contributed by atoms with Crippen LogP contribution in [0, 0.1) is 0 Å². The van der Waals surface area contributed by atoms with Gasteiger partial charge in [0, 0.05) is 12.1 Å². The molecule has 0 fully saturated rings. The summed E-state index contributed by atoms with van der Waals surface area (Å²) in [5.74, 6) is 0.756. The quantitative estimate of drug-likeness (QED) is 0.811. The first-order valence-corrected chi connectivity index (χ1v) is 7.61. The van der Waals surface area contributed by atoms with Crippen LogP contribution in [0.4, 0.5) is 10.5 Å². The Balaban J connectivity index is 1.58. The lowest BCUT2D eigenvalue weighted by atomic mass is 9.98. The average Bonchev–Trinajstić information content (AvgIpc) is 3.05. The lowest BCUT2D eigenvalue weighted by Gasteiger charge is -2.20. The Morgan fingerprint density at radius 3 is 3.00 bits per heavy atom. The Labute approximate surface area is 134 Å². The normalized spacial score (nSPS) is 14.6. The van der Waals surface area contributed by atoms with Crippen molar-refractivity contribution >= 4 is 17.6 Å². The third-order valence-corrected chi connectivity index (χ3v) is 3.88. The van der Waals surface area contributed by atoms with E-state index in [1.54, 1.807) is 12.3 Å². The fourth-order valence-corrected chi connectivity index (χ4v) is 2.58. The first-order valence-electron chi connectivity index (χ1n) is 7.61. The second-order valence-corrected chi connectivity index (χ2v) is 5.59. The summed E-state index contributed by atoms with van der Waals surface area (Å²) >= 11 is 0. The molecule has 0 bridgehead atoms. The van der Waals surface area contributed by atoms with Crippen LogP contribution in [0.1, 0.15) is 36.3 Å². The van der Waals surface area contributed by atoms with E-state index >= 15 is 0 Å². The smallest absolute Gasteiger partial charge is 0.315 e. The van der Waals surface area contributed by atoms with E-state index in [1.807, 2.05) is 31.2 Å². The minimum atomic E-state index is -0.250. The van der Waals surface area contributed by atoms with E-state index in [2.05, 4.69) is 16.0 Å². The Morgan fingerprint density at radius 2 is 2.22 bits per heavy atom. The minimum Gasteiger partial charge on any atom is -0.467 e. The number of carbonyl (C=O) groups excluding carboxylic acids is 2. The van der Waals surface area contributed by atoms with Crippen LogP contribution in [0.5, 0.6) is 0 Å². The number of amides is 3. The number of carbonyl (C=O) groups is 2. The number of urea groups is 1. The molecule has 2 heterocycles. The first-order chi connectivity index (χ1) is 11.1. The summed E-state index contributed by atoms with van der Waals surface area (Å²) in [5.41, 5.74) is 2.97. The predicted octanol–water partition coefficient (Wildman–Crippen LogP) is 2.72. The van der Waals surface area contributed by atoms with E-state index in [4.69, 9.17) is 4.42 Å². The summed E-state index contributed by atoms with van der Waals surface area (Å²) in [5, 5.41) is 8.50. The third kappa shape index (κ3) is 3.71. The van der Waals surface area contributed by atoms with E-state index in [-0.39, 0.29) is 18.0 Å². The summed E-state index contributed by atoms with van der Waals surface area (Å²) in [6.45, 7) is 2.28. The lowest BCUT2D eigenvalue weighted by molar-refractivity contribution is -0.116. The van der Waals surface area contributed by atoms with Crippen LogP contribution in [0.25, 0.3) is 0 Å². The first kappa shape index (κ1) is 15.1. The van der Waals surface area contributed by atoms with Gasteiger partial charge in [0.25, 0.3) is 0 Å². The fraction of sp³-hybridized carbons (Fsp3) is 0.294. The lowest BCUT2D eigenvalue weighted by Crippen LogP contribution is -2.36. The van der Waals surface area contributed by atoms with Crippen LogP contribution in [0.15, 0.2) is 41.0 Å². The summed E-state index contributed by atoms with van der Waals surface area (Å²) in [6, 6.07) is 9.05. The van der Waals surface area contributed by atoms with Crippen LogP contribution >= 0.6 is 0 Å². The van der Waals surface area contributed by atoms with Crippen LogP contribution in [-0.2, 0) is 17.8 Å². The van der Waals surface area contributed by atoms with E-state index in [1.165, 1.54) is 0 Å². The largest absolute Gasteiger partial charge is 0.467 e. The van der Waals surface area contributed by atoms with Gasteiger partial charge in [0.1, 0.15) is 5.76 Å². The third-order valence-electron chi connectivity index (χ3n) is 3.88. The molecule has 2 aromatic rings. The maximum absolute atomic E-state index is 11.9. The fourth-order valence-electron chi connectivity index (χ4n) is 2.58. The molecule has 1 aromatic heterocycles. The molecule has 0 spiro atoms. The molecule has 1 aromatic carbocycles. The van der Waals surface area contributed by atoms with Gasteiger partial charge in [0.15, 0.2) is 0 Å². The second-order valence-electron chi connectivity index (χ2n) is 5.59. The summed E-state index contributed by atoms with van der Waals surface area (Å²) < 4.78 is 5.17. The molecule has 3 N–H and O–H groups in total. The standard InChI is InChI=1S/C17H19N3O3/c1-11(19-17(22)18-10-14-3-2-8-23-14)12-4-6-15-13(9-12)5-7-16(21)20-15/h2-4,6,8-9,11H,5,7,10H2,1H3,(H,20,21)(H2,18,19,22)/t11-/m0/s1. The topological polar surface area (TPSA) is 83.4 Å². The molecule has 0 saturated heterocycles. The van der Waals surface area contributed by atoms with Gasteiger partial charge in [-0.1, -0.05) is 12.1 Å². The number of nitrogens with one attached hydrogen (secondary N) is 3. The van der Waals surface area contributed by atoms with E-state index in [0.29, 0.717) is 18.7 Å². The van der Waals surface area contributed by atoms with Crippen molar-refractivity contribution in [1.29, 1.82) is 0 Å². The van der Waals surface area contributed by atoms with Crippen LogP contribution in [-0.4, -0.2) is 11.9 Å². The number of hydrogen-bond acceptors (Lipinski definition) is 3. The number of fused-ring (bicyclic) bond motifs is 1.